The van der Waals surface area contributed by atoms with E-state index in [0.29, 0.717) is 11.8 Å². The van der Waals surface area contributed by atoms with Gasteiger partial charge in [0.2, 0.25) is 0 Å². The molecule has 0 radical (unpaired) electrons. The van der Waals surface area contributed by atoms with Crippen LogP contribution in [0, 0.1) is 11.8 Å². The standard InChI is InChI=1S/C23H34ClN/c1-7-15(3)9-11-20-21-14-19(24)10-12-22(21)25-23(20)18(6)17(5)13-16(4)8-2/h10,12-16,18,25H,7-9,11H2,1-6H3/b17-13+. The van der Waals surface area contributed by atoms with Crippen LogP contribution in [0.3, 0.4) is 0 Å². The molecule has 0 bridgehead atoms. The summed E-state index contributed by atoms with van der Waals surface area (Å²) >= 11 is 6.29. The van der Waals surface area contributed by atoms with Crippen molar-refractivity contribution in [3.63, 3.8) is 0 Å². The highest BCUT2D eigenvalue weighted by Gasteiger charge is 2.19. The van der Waals surface area contributed by atoms with Crippen LogP contribution in [0.1, 0.15) is 78.0 Å². The monoisotopic (exact) mass is 359 g/mol. The number of hydrogen-bond acceptors (Lipinski definition) is 0. The highest BCUT2D eigenvalue weighted by atomic mass is 35.5. The van der Waals surface area contributed by atoms with Gasteiger partial charge in [0, 0.05) is 27.5 Å². The van der Waals surface area contributed by atoms with Crippen LogP contribution in [-0.2, 0) is 6.42 Å². The molecular formula is C23H34ClN. The fourth-order valence-electron chi connectivity index (χ4n) is 3.41. The van der Waals surface area contributed by atoms with Crippen molar-refractivity contribution in [2.45, 2.75) is 73.1 Å². The number of allylic oxidation sites excluding steroid dienone is 2. The van der Waals surface area contributed by atoms with Crippen molar-refractivity contribution in [3.05, 3.63) is 46.1 Å². The third-order valence-corrected chi connectivity index (χ3v) is 6.03. The summed E-state index contributed by atoms with van der Waals surface area (Å²) in [6.45, 7) is 13.8. The average Bonchev–Trinajstić information content (AvgIpc) is 2.96. The van der Waals surface area contributed by atoms with Gasteiger partial charge in [-0.3, -0.25) is 0 Å². The van der Waals surface area contributed by atoms with E-state index in [1.165, 1.54) is 47.0 Å². The molecule has 0 saturated carbocycles. The lowest BCUT2D eigenvalue weighted by Crippen LogP contribution is -2.03. The van der Waals surface area contributed by atoms with Gasteiger partial charge in [0.15, 0.2) is 0 Å². The van der Waals surface area contributed by atoms with Gasteiger partial charge >= 0.3 is 0 Å². The molecule has 0 aliphatic rings. The first-order valence-corrected chi connectivity index (χ1v) is 10.2. The summed E-state index contributed by atoms with van der Waals surface area (Å²) in [5.74, 6) is 1.79. The van der Waals surface area contributed by atoms with E-state index in [2.05, 4.69) is 64.7 Å². The molecule has 0 aliphatic carbocycles. The zero-order chi connectivity index (χ0) is 18.6. The Labute approximate surface area is 158 Å². The highest BCUT2D eigenvalue weighted by molar-refractivity contribution is 6.31. The Morgan fingerprint density at radius 3 is 2.52 bits per heavy atom. The number of fused-ring (bicyclic) bond motifs is 1. The fourth-order valence-corrected chi connectivity index (χ4v) is 3.59. The molecule has 2 heteroatoms. The number of halogens is 1. The maximum absolute atomic E-state index is 6.29. The minimum Gasteiger partial charge on any atom is -0.358 e. The molecule has 0 fully saturated rings. The molecule has 1 nitrogen and oxygen atoms in total. The van der Waals surface area contributed by atoms with Crippen LogP contribution in [0.4, 0.5) is 0 Å². The van der Waals surface area contributed by atoms with Gasteiger partial charge in [-0.05, 0) is 55.4 Å². The van der Waals surface area contributed by atoms with Crippen LogP contribution in [0.25, 0.3) is 10.9 Å². The van der Waals surface area contributed by atoms with Gasteiger partial charge in [0.1, 0.15) is 0 Å². The quantitative estimate of drug-likeness (QED) is 0.461. The Morgan fingerprint density at radius 1 is 1.16 bits per heavy atom. The predicted octanol–water partition coefficient (Wildman–Crippen LogP) is 7.90. The summed E-state index contributed by atoms with van der Waals surface area (Å²) in [6.07, 6.45) is 7.20. The number of H-pyrrole nitrogens is 1. The molecule has 25 heavy (non-hydrogen) atoms. The number of aryl methyl sites for hydroxylation is 1. The molecule has 1 aromatic heterocycles. The topological polar surface area (TPSA) is 15.8 Å². The van der Waals surface area contributed by atoms with E-state index < -0.39 is 0 Å². The molecule has 0 amide bonds. The molecule has 0 saturated heterocycles. The van der Waals surface area contributed by atoms with E-state index in [9.17, 15) is 0 Å². The second kappa shape index (κ2) is 8.94. The van der Waals surface area contributed by atoms with Crippen LogP contribution in [0.5, 0.6) is 0 Å². The molecule has 2 aromatic rings. The summed E-state index contributed by atoms with van der Waals surface area (Å²) in [5, 5.41) is 2.12. The van der Waals surface area contributed by atoms with Gasteiger partial charge in [0.05, 0.1) is 0 Å². The number of aromatic amines is 1. The third kappa shape index (κ3) is 4.91. The molecule has 3 atom stereocenters. The van der Waals surface area contributed by atoms with Gasteiger partial charge in [-0.1, -0.05) is 70.7 Å². The molecule has 1 heterocycles. The van der Waals surface area contributed by atoms with E-state index >= 15 is 0 Å². The van der Waals surface area contributed by atoms with Crippen molar-refractivity contribution < 1.29 is 0 Å². The first-order chi connectivity index (χ1) is 11.9. The Morgan fingerprint density at radius 2 is 1.88 bits per heavy atom. The number of rotatable bonds is 8. The zero-order valence-electron chi connectivity index (χ0n) is 16.7. The van der Waals surface area contributed by atoms with Crippen LogP contribution in [0.2, 0.25) is 5.02 Å². The summed E-state index contributed by atoms with van der Waals surface area (Å²) in [6, 6.07) is 6.23. The van der Waals surface area contributed by atoms with Crippen molar-refractivity contribution in [3.8, 4) is 0 Å². The van der Waals surface area contributed by atoms with Gasteiger partial charge in [-0.25, -0.2) is 0 Å². The van der Waals surface area contributed by atoms with Gasteiger partial charge in [-0.2, -0.15) is 0 Å². The first kappa shape index (κ1) is 20.1. The van der Waals surface area contributed by atoms with E-state index in [-0.39, 0.29) is 0 Å². The lowest BCUT2D eigenvalue weighted by molar-refractivity contribution is 0.516. The van der Waals surface area contributed by atoms with E-state index in [0.717, 1.165) is 17.4 Å². The average molecular weight is 360 g/mol. The van der Waals surface area contributed by atoms with Gasteiger partial charge in [-0.15, -0.1) is 0 Å². The van der Waals surface area contributed by atoms with Crippen molar-refractivity contribution in [2.75, 3.05) is 0 Å². The molecule has 3 unspecified atom stereocenters. The normalized spacial score (nSPS) is 16.2. The zero-order valence-corrected chi connectivity index (χ0v) is 17.5. The summed E-state index contributed by atoms with van der Waals surface area (Å²) in [4.78, 5) is 3.71. The van der Waals surface area contributed by atoms with Crippen LogP contribution >= 0.6 is 11.6 Å². The Balaban J connectivity index is 2.45. The molecule has 1 aromatic carbocycles. The smallest absolute Gasteiger partial charge is 0.0460 e. The molecule has 1 N–H and O–H groups in total. The Bertz CT molecular complexity index is 725. The molecule has 0 aliphatic heterocycles. The van der Waals surface area contributed by atoms with Crippen LogP contribution in [0.15, 0.2) is 29.8 Å². The largest absolute Gasteiger partial charge is 0.358 e. The Kier molecular flexibility index (Phi) is 7.19. The SMILES string of the molecule is CCC(C)/C=C(\C)C(C)c1[nH]c2ccc(Cl)cc2c1CCC(C)CC. The van der Waals surface area contributed by atoms with Crippen molar-refractivity contribution in [2.24, 2.45) is 11.8 Å². The number of benzene rings is 1. The van der Waals surface area contributed by atoms with Crippen molar-refractivity contribution in [1.82, 2.24) is 4.98 Å². The van der Waals surface area contributed by atoms with E-state index in [1.807, 2.05) is 6.07 Å². The van der Waals surface area contributed by atoms with E-state index in [1.54, 1.807) is 0 Å². The first-order valence-electron chi connectivity index (χ1n) is 9.85. The van der Waals surface area contributed by atoms with E-state index in [4.69, 9.17) is 11.6 Å². The fraction of sp³-hybridized carbons (Fsp3) is 0.565. The van der Waals surface area contributed by atoms with Crippen LogP contribution in [-0.4, -0.2) is 4.98 Å². The number of nitrogens with one attached hydrogen (secondary N) is 1. The minimum atomic E-state index is 0.409. The van der Waals surface area contributed by atoms with Gasteiger partial charge < -0.3 is 4.98 Å². The van der Waals surface area contributed by atoms with Crippen molar-refractivity contribution >= 4 is 22.5 Å². The number of aromatic nitrogens is 1. The summed E-state index contributed by atoms with van der Waals surface area (Å²) in [7, 11) is 0. The predicted molar refractivity (Wildman–Crippen MR) is 113 cm³/mol. The summed E-state index contributed by atoms with van der Waals surface area (Å²) < 4.78 is 0. The second-order valence-corrected chi connectivity index (χ2v) is 8.21. The maximum Gasteiger partial charge on any atom is 0.0460 e. The van der Waals surface area contributed by atoms with Crippen molar-refractivity contribution in [1.29, 1.82) is 0 Å². The summed E-state index contributed by atoms with van der Waals surface area (Å²) in [5.41, 5.74) is 5.50. The highest BCUT2D eigenvalue weighted by Crippen LogP contribution is 2.34. The molecular weight excluding hydrogens is 326 g/mol. The third-order valence-electron chi connectivity index (χ3n) is 5.79. The minimum absolute atomic E-state index is 0.409. The molecule has 0 spiro atoms. The lowest BCUT2D eigenvalue weighted by atomic mass is 9.89. The lowest BCUT2D eigenvalue weighted by Gasteiger charge is -2.17. The van der Waals surface area contributed by atoms with Crippen LogP contribution < -0.4 is 0 Å². The number of hydrogen-bond donors (Lipinski definition) is 1. The molecule has 2 rings (SSSR count). The Hall–Kier alpha value is -1.21. The maximum atomic E-state index is 6.29. The second-order valence-electron chi connectivity index (χ2n) is 7.78. The van der Waals surface area contributed by atoms with Gasteiger partial charge in [0.25, 0.3) is 0 Å². The molecule has 138 valence electrons.